The highest BCUT2D eigenvalue weighted by Gasteiger charge is 2.40. The molecule has 0 radical (unpaired) electrons. The van der Waals surface area contributed by atoms with Crippen LogP contribution in [0.3, 0.4) is 0 Å². The van der Waals surface area contributed by atoms with E-state index in [0.717, 1.165) is 39.6 Å². The predicted octanol–water partition coefficient (Wildman–Crippen LogP) is 5.07. The van der Waals surface area contributed by atoms with Gasteiger partial charge < -0.3 is 14.9 Å². The Morgan fingerprint density at radius 1 is 0.853 bits per heavy atom. The van der Waals surface area contributed by atoms with Crippen molar-refractivity contribution in [1.29, 1.82) is 0 Å². The molecule has 1 atom stereocenters. The number of rotatable bonds is 5. The number of ether oxygens (including phenoxy) is 1. The Hall–Kier alpha value is -3.81. The van der Waals surface area contributed by atoms with Gasteiger partial charge in [0.05, 0.1) is 13.2 Å². The van der Waals surface area contributed by atoms with Gasteiger partial charge in [-0.2, -0.15) is 4.31 Å². The molecule has 172 valence electrons. The van der Waals surface area contributed by atoms with Gasteiger partial charge in [-0.05, 0) is 52.1 Å². The lowest BCUT2D eigenvalue weighted by Crippen LogP contribution is -2.30. The molecule has 34 heavy (non-hydrogen) atoms. The number of sulfonamides is 1. The third kappa shape index (κ3) is 3.79. The van der Waals surface area contributed by atoms with Crippen LogP contribution in [0.4, 0.5) is 0 Å². The van der Waals surface area contributed by atoms with Crippen molar-refractivity contribution in [1.82, 2.24) is 4.31 Å². The number of methoxy groups -OCH3 is 1. The molecule has 0 bridgehead atoms. The van der Waals surface area contributed by atoms with Gasteiger partial charge in [0.15, 0.2) is 0 Å². The van der Waals surface area contributed by atoms with Crippen molar-refractivity contribution in [2.45, 2.75) is 17.5 Å². The quantitative estimate of drug-likeness (QED) is 0.423. The van der Waals surface area contributed by atoms with Crippen molar-refractivity contribution in [2.24, 2.45) is 0 Å². The Labute approximate surface area is 198 Å². The van der Waals surface area contributed by atoms with Crippen LogP contribution in [-0.4, -0.2) is 30.0 Å². The third-order valence-corrected chi connectivity index (χ3v) is 8.00. The molecule has 4 aromatic rings. The van der Waals surface area contributed by atoms with Gasteiger partial charge in [-0.25, -0.2) is 8.42 Å². The smallest absolute Gasteiger partial charge is 0.247 e. The minimum absolute atomic E-state index is 0.184. The van der Waals surface area contributed by atoms with Crippen LogP contribution < -0.4 is 4.74 Å². The van der Waals surface area contributed by atoms with E-state index in [9.17, 15) is 18.6 Å². The first-order chi connectivity index (χ1) is 16.4. The molecule has 0 fully saturated rings. The van der Waals surface area contributed by atoms with Gasteiger partial charge in [-0.15, -0.1) is 0 Å². The van der Waals surface area contributed by atoms with Crippen molar-refractivity contribution in [3.63, 3.8) is 0 Å². The number of phenols is 2. The van der Waals surface area contributed by atoms with Crippen molar-refractivity contribution in [3.05, 3.63) is 108 Å². The van der Waals surface area contributed by atoms with Gasteiger partial charge in [-0.3, -0.25) is 0 Å². The molecule has 0 spiro atoms. The first-order valence-electron chi connectivity index (χ1n) is 10.7. The van der Waals surface area contributed by atoms with Gasteiger partial charge in [0.1, 0.15) is 22.1 Å². The summed E-state index contributed by atoms with van der Waals surface area (Å²) in [5.74, 6) is 0.0950. The molecule has 1 aliphatic rings. The summed E-state index contributed by atoms with van der Waals surface area (Å²) in [6.07, 6.45) is 0. The third-order valence-electron chi connectivity index (χ3n) is 6.14. The second kappa shape index (κ2) is 8.52. The molecule has 6 nitrogen and oxygen atoms in total. The highest BCUT2D eigenvalue weighted by Crippen LogP contribution is 2.43. The minimum atomic E-state index is -4.06. The summed E-state index contributed by atoms with van der Waals surface area (Å²) >= 11 is 0. The van der Waals surface area contributed by atoms with E-state index in [1.54, 1.807) is 7.11 Å². The first-order valence-corrected chi connectivity index (χ1v) is 12.2. The largest absolute Gasteiger partial charge is 0.508 e. The summed E-state index contributed by atoms with van der Waals surface area (Å²) in [4.78, 5) is -0.238. The van der Waals surface area contributed by atoms with Crippen LogP contribution in [0.5, 0.6) is 17.2 Å². The average molecular weight is 474 g/mol. The lowest BCUT2D eigenvalue weighted by molar-refractivity contribution is 0.381. The summed E-state index contributed by atoms with van der Waals surface area (Å²) in [5, 5.41) is 19.9. The summed E-state index contributed by atoms with van der Waals surface area (Å²) < 4.78 is 33.9. The molecule has 0 aliphatic carbocycles. The number of fused-ring (bicyclic) bond motifs is 1. The monoisotopic (exact) mass is 473 g/mol. The second-order valence-electron chi connectivity index (χ2n) is 8.15. The number of nitrogens with zero attached hydrogens (tertiary/aromatic N) is 1. The van der Waals surface area contributed by atoms with Gasteiger partial charge in [0.25, 0.3) is 0 Å². The summed E-state index contributed by atoms with van der Waals surface area (Å²) in [7, 11) is -2.44. The Morgan fingerprint density at radius 2 is 1.50 bits per heavy atom. The zero-order valence-electron chi connectivity index (χ0n) is 18.4. The Bertz CT molecular complexity index is 1450. The molecule has 2 N–H and O–H groups in total. The number of aromatic hydroxyl groups is 2. The summed E-state index contributed by atoms with van der Waals surface area (Å²) in [6, 6.07) is 26.2. The molecule has 7 heteroatoms. The van der Waals surface area contributed by atoms with Crippen LogP contribution in [0.25, 0.3) is 11.1 Å². The highest BCUT2D eigenvalue weighted by atomic mass is 32.2. The average Bonchev–Trinajstić information content (AvgIpc) is 3.25. The molecule has 1 unspecified atom stereocenters. The fourth-order valence-corrected chi connectivity index (χ4v) is 6.06. The lowest BCUT2D eigenvalue weighted by atomic mass is 9.96. The number of hydrogen-bond acceptors (Lipinski definition) is 5. The molecule has 5 rings (SSSR count). The van der Waals surface area contributed by atoms with E-state index in [1.807, 2.05) is 72.8 Å². The van der Waals surface area contributed by atoms with Crippen LogP contribution >= 0.6 is 0 Å². The van der Waals surface area contributed by atoms with Crippen LogP contribution in [0.15, 0.2) is 95.9 Å². The van der Waals surface area contributed by atoms with E-state index in [4.69, 9.17) is 4.74 Å². The molecule has 1 heterocycles. The maximum atomic E-state index is 13.6. The van der Waals surface area contributed by atoms with Crippen molar-refractivity contribution in [3.8, 4) is 28.4 Å². The maximum Gasteiger partial charge on any atom is 0.247 e. The van der Waals surface area contributed by atoms with E-state index in [0.29, 0.717) is 0 Å². The normalized spacial score (nSPS) is 15.7. The predicted molar refractivity (Wildman–Crippen MR) is 129 cm³/mol. The van der Waals surface area contributed by atoms with E-state index in [1.165, 1.54) is 16.4 Å². The van der Waals surface area contributed by atoms with E-state index >= 15 is 0 Å². The molecular formula is C27H23NO5S. The second-order valence-corrected chi connectivity index (χ2v) is 10.0. The number of phenolic OH excluding ortho intramolecular Hbond substituents is 2. The fraction of sp³-hybridized carbons (Fsp3) is 0.111. The topological polar surface area (TPSA) is 87.1 Å². The van der Waals surface area contributed by atoms with Gasteiger partial charge in [0, 0.05) is 12.6 Å². The number of hydrogen-bond donors (Lipinski definition) is 2. The van der Waals surface area contributed by atoms with Crippen LogP contribution in [0.1, 0.15) is 22.7 Å². The van der Waals surface area contributed by atoms with Crippen LogP contribution in [0, 0.1) is 0 Å². The molecule has 0 aromatic heterocycles. The summed E-state index contributed by atoms with van der Waals surface area (Å²) in [5.41, 5.74) is 4.67. The molecule has 1 aliphatic heterocycles. The van der Waals surface area contributed by atoms with Crippen LogP contribution in [0.2, 0.25) is 0 Å². The SMILES string of the molecule is COc1ccc(-c2ccc(C3c4ccccc4CN3S(=O)(=O)c3ccc(O)cc3O)cc2)cc1. The van der Waals surface area contributed by atoms with E-state index in [2.05, 4.69) is 0 Å². The van der Waals surface area contributed by atoms with Gasteiger partial charge >= 0.3 is 0 Å². The van der Waals surface area contributed by atoms with Crippen LogP contribution in [-0.2, 0) is 16.6 Å². The standard InChI is InChI=1S/C27H23NO5S/c1-33-23-13-10-19(11-14-23)18-6-8-20(9-7-18)27-24-5-3-2-4-21(24)17-28(27)34(31,32)26-15-12-22(29)16-25(26)30/h2-16,27,29-30H,17H2,1H3. The first kappa shape index (κ1) is 22.0. The lowest BCUT2D eigenvalue weighted by Gasteiger charge is -2.25. The maximum absolute atomic E-state index is 13.6. The molecule has 0 amide bonds. The van der Waals surface area contributed by atoms with Crippen molar-refractivity contribution in [2.75, 3.05) is 7.11 Å². The highest BCUT2D eigenvalue weighted by molar-refractivity contribution is 7.89. The molecule has 0 saturated carbocycles. The zero-order chi connectivity index (χ0) is 23.9. The Kier molecular flexibility index (Phi) is 5.51. The van der Waals surface area contributed by atoms with Crippen molar-refractivity contribution >= 4 is 10.0 Å². The fourth-order valence-electron chi connectivity index (χ4n) is 4.42. The van der Waals surface area contributed by atoms with E-state index in [-0.39, 0.29) is 17.2 Å². The Morgan fingerprint density at radius 3 is 2.15 bits per heavy atom. The molecule has 4 aromatic carbocycles. The van der Waals surface area contributed by atoms with Crippen molar-refractivity contribution < 1.29 is 23.4 Å². The minimum Gasteiger partial charge on any atom is -0.508 e. The summed E-state index contributed by atoms with van der Waals surface area (Å²) in [6.45, 7) is 0.184. The molecule has 0 saturated heterocycles. The van der Waals surface area contributed by atoms with Gasteiger partial charge in [-0.1, -0.05) is 60.7 Å². The number of benzene rings is 4. The Balaban J connectivity index is 1.56. The zero-order valence-corrected chi connectivity index (χ0v) is 19.2. The van der Waals surface area contributed by atoms with E-state index < -0.39 is 21.8 Å². The van der Waals surface area contributed by atoms with Gasteiger partial charge in [0.2, 0.25) is 10.0 Å². The molecular weight excluding hydrogens is 450 g/mol.